The fourth-order valence-corrected chi connectivity index (χ4v) is 6.09. The molecular formula is C37H38N8O8. The van der Waals surface area contributed by atoms with E-state index < -0.39 is 35.6 Å². The highest BCUT2D eigenvalue weighted by Crippen LogP contribution is 2.29. The molecule has 6 rings (SSSR count). The van der Waals surface area contributed by atoms with E-state index in [0.717, 1.165) is 28.9 Å². The van der Waals surface area contributed by atoms with Crippen LogP contribution in [0.1, 0.15) is 80.5 Å². The van der Waals surface area contributed by atoms with Crippen molar-refractivity contribution in [2.24, 2.45) is 0 Å². The van der Waals surface area contributed by atoms with Crippen molar-refractivity contribution in [3.05, 3.63) is 106 Å². The first-order chi connectivity index (χ1) is 25.6. The molecule has 3 aromatic carbocycles. The maximum absolute atomic E-state index is 13.2. The van der Waals surface area contributed by atoms with Gasteiger partial charge in [-0.25, -0.2) is 15.0 Å². The van der Waals surface area contributed by atoms with E-state index >= 15 is 0 Å². The SMILES string of the molecule is CCCCN(Cc1ccc(C(=O)NO)cc1)C(=O)Nc1ccc(OCn2cc(CCc3ccc4c(c3)C(=O)N(C3CCC(=O)NC3=O)C4=O)nn2)cc1. The second-order valence-corrected chi connectivity index (χ2v) is 12.7. The van der Waals surface area contributed by atoms with Crippen LogP contribution >= 0.6 is 0 Å². The molecule has 0 radical (unpaired) electrons. The van der Waals surface area contributed by atoms with E-state index in [1.165, 1.54) is 0 Å². The Morgan fingerprint density at radius 3 is 2.42 bits per heavy atom. The number of amides is 7. The van der Waals surface area contributed by atoms with E-state index in [-0.39, 0.29) is 36.7 Å². The van der Waals surface area contributed by atoms with Crippen LogP contribution in [-0.2, 0) is 35.7 Å². The lowest BCUT2D eigenvalue weighted by Gasteiger charge is -2.27. The number of rotatable bonds is 14. The molecule has 0 spiro atoms. The zero-order chi connectivity index (χ0) is 37.5. The van der Waals surface area contributed by atoms with Crippen molar-refractivity contribution in [2.45, 2.75) is 64.8 Å². The number of carbonyl (C=O) groups is 6. The van der Waals surface area contributed by atoms with Crippen molar-refractivity contribution in [3.8, 4) is 5.75 Å². The van der Waals surface area contributed by atoms with E-state index in [4.69, 9.17) is 9.94 Å². The average molecular weight is 723 g/mol. The maximum Gasteiger partial charge on any atom is 0.322 e. The van der Waals surface area contributed by atoms with Crippen molar-refractivity contribution in [1.82, 2.24) is 35.6 Å². The standard InChI is InChI=1S/C37H38N8O8/c1-2-3-18-43(20-24-4-8-25(9-5-24)33(47)41-52)37(51)38-26-11-13-28(14-12-26)53-22-44-21-27(40-42-44)10-6-23-7-15-29-30(19-23)36(50)45(35(29)49)31-16-17-32(46)39-34(31)48/h4-5,7-9,11-15,19,21,31,52H,2-3,6,10,16-18,20,22H2,1H3,(H,38,51)(H,41,47)(H,39,46,48). The molecule has 3 heterocycles. The van der Waals surface area contributed by atoms with E-state index in [9.17, 15) is 28.8 Å². The Morgan fingerprint density at radius 1 is 0.962 bits per heavy atom. The van der Waals surface area contributed by atoms with Gasteiger partial charge in [0.2, 0.25) is 11.8 Å². The monoisotopic (exact) mass is 722 g/mol. The summed E-state index contributed by atoms with van der Waals surface area (Å²) in [6.45, 7) is 3.02. The molecule has 0 saturated carbocycles. The van der Waals surface area contributed by atoms with Crippen molar-refractivity contribution in [3.63, 3.8) is 0 Å². The third kappa shape index (κ3) is 8.56. The second kappa shape index (κ2) is 16.3. The van der Waals surface area contributed by atoms with Gasteiger partial charge in [0, 0.05) is 30.8 Å². The number of fused-ring (bicyclic) bond motifs is 1. The molecule has 16 nitrogen and oxygen atoms in total. The Morgan fingerprint density at radius 2 is 1.70 bits per heavy atom. The molecule has 16 heteroatoms. The Kier molecular flexibility index (Phi) is 11.2. The number of imide groups is 2. The number of unbranched alkanes of at least 4 members (excludes halogenated alkanes) is 1. The van der Waals surface area contributed by atoms with Crippen molar-refractivity contribution in [1.29, 1.82) is 0 Å². The summed E-state index contributed by atoms with van der Waals surface area (Å²) in [6.07, 6.45) is 4.66. The molecule has 1 saturated heterocycles. The number of ether oxygens (including phenoxy) is 1. The second-order valence-electron chi connectivity index (χ2n) is 12.7. The first-order valence-corrected chi connectivity index (χ1v) is 17.2. The Balaban J connectivity index is 0.983. The van der Waals surface area contributed by atoms with Crippen molar-refractivity contribution < 1.29 is 38.7 Å². The number of hydrogen-bond acceptors (Lipinski definition) is 10. The van der Waals surface area contributed by atoms with Crippen LogP contribution in [0, 0.1) is 0 Å². The minimum Gasteiger partial charge on any atom is -0.471 e. The molecular weight excluding hydrogens is 684 g/mol. The van der Waals surface area contributed by atoms with E-state index in [1.54, 1.807) is 88.0 Å². The molecule has 0 aliphatic carbocycles. The molecule has 4 aromatic rings. The van der Waals surface area contributed by atoms with Crippen LogP contribution in [0.4, 0.5) is 10.5 Å². The fourth-order valence-electron chi connectivity index (χ4n) is 6.09. The van der Waals surface area contributed by atoms with Crippen LogP contribution in [0.15, 0.2) is 72.9 Å². The molecule has 1 aromatic heterocycles. The van der Waals surface area contributed by atoms with Crippen LogP contribution in [-0.4, -0.2) is 78.2 Å². The first-order valence-electron chi connectivity index (χ1n) is 17.2. The van der Waals surface area contributed by atoms with E-state index in [1.807, 2.05) is 6.92 Å². The molecule has 0 bridgehead atoms. The number of hydroxylamine groups is 1. The summed E-state index contributed by atoms with van der Waals surface area (Å²) in [5.41, 5.74) is 5.30. The highest BCUT2D eigenvalue weighted by atomic mass is 16.5. The minimum absolute atomic E-state index is 0.0578. The van der Waals surface area contributed by atoms with Crippen LogP contribution in [0.5, 0.6) is 5.75 Å². The lowest BCUT2D eigenvalue weighted by Crippen LogP contribution is -2.54. The number of nitrogens with zero attached hydrogens (tertiary/aromatic N) is 5. The van der Waals surface area contributed by atoms with Crippen LogP contribution in [0.2, 0.25) is 0 Å². The number of hydrogen-bond donors (Lipinski definition) is 4. The number of aryl methyl sites for hydroxylation is 2. The van der Waals surface area contributed by atoms with Gasteiger partial charge in [-0.1, -0.05) is 36.8 Å². The number of benzene rings is 3. The summed E-state index contributed by atoms with van der Waals surface area (Å²) in [6, 6.07) is 17.3. The topological polar surface area (TPSA) is 205 Å². The number of carbonyl (C=O) groups excluding carboxylic acids is 6. The molecule has 1 fully saturated rings. The van der Waals surface area contributed by atoms with Crippen LogP contribution < -0.4 is 20.9 Å². The molecule has 2 aliphatic heterocycles. The average Bonchev–Trinajstić information content (AvgIpc) is 3.72. The highest BCUT2D eigenvalue weighted by molar-refractivity contribution is 6.23. The van der Waals surface area contributed by atoms with Gasteiger partial charge in [0.05, 0.1) is 23.0 Å². The third-order valence-electron chi connectivity index (χ3n) is 8.99. The molecule has 274 valence electrons. The smallest absolute Gasteiger partial charge is 0.322 e. The van der Waals surface area contributed by atoms with Gasteiger partial charge < -0.3 is 15.0 Å². The first kappa shape index (κ1) is 36.4. The minimum atomic E-state index is -1.01. The number of piperidine rings is 1. The summed E-state index contributed by atoms with van der Waals surface area (Å²) in [5, 5.41) is 22.3. The fraction of sp³-hybridized carbons (Fsp3) is 0.297. The summed E-state index contributed by atoms with van der Waals surface area (Å²) in [7, 11) is 0. The Hall–Kier alpha value is -6.42. The molecule has 1 unspecified atom stereocenters. The van der Waals surface area contributed by atoms with Gasteiger partial charge in [-0.3, -0.25) is 39.4 Å². The zero-order valence-electron chi connectivity index (χ0n) is 28.9. The van der Waals surface area contributed by atoms with Gasteiger partial charge in [0.15, 0.2) is 6.73 Å². The molecule has 53 heavy (non-hydrogen) atoms. The summed E-state index contributed by atoms with van der Waals surface area (Å²) >= 11 is 0. The number of anilines is 1. The largest absolute Gasteiger partial charge is 0.471 e. The normalized spacial score (nSPS) is 15.2. The molecule has 7 amide bonds. The Labute approximate surface area is 304 Å². The van der Waals surface area contributed by atoms with E-state index in [0.29, 0.717) is 48.6 Å². The van der Waals surface area contributed by atoms with Gasteiger partial charge in [-0.2, -0.15) is 0 Å². The molecule has 1 atom stereocenters. The Bertz CT molecular complexity index is 2030. The van der Waals surface area contributed by atoms with Gasteiger partial charge >= 0.3 is 6.03 Å². The lowest BCUT2D eigenvalue weighted by molar-refractivity contribution is -0.136. The quantitative estimate of drug-likeness (QED) is 0.0848. The van der Waals surface area contributed by atoms with Crippen molar-refractivity contribution >= 4 is 41.3 Å². The number of aromatic nitrogens is 3. The maximum atomic E-state index is 13.2. The number of nitrogens with one attached hydrogen (secondary N) is 3. The number of urea groups is 1. The predicted molar refractivity (Wildman–Crippen MR) is 188 cm³/mol. The summed E-state index contributed by atoms with van der Waals surface area (Å²) in [4.78, 5) is 77.4. The van der Waals surface area contributed by atoms with Gasteiger partial charge in [-0.15, -0.1) is 5.10 Å². The van der Waals surface area contributed by atoms with E-state index in [2.05, 4.69) is 20.9 Å². The molecule has 2 aliphatic rings. The lowest BCUT2D eigenvalue weighted by atomic mass is 10.0. The summed E-state index contributed by atoms with van der Waals surface area (Å²) < 4.78 is 7.40. The van der Waals surface area contributed by atoms with Crippen LogP contribution in [0.25, 0.3) is 0 Å². The van der Waals surface area contributed by atoms with Gasteiger partial charge in [0.1, 0.15) is 11.8 Å². The molecule has 4 N–H and O–H groups in total. The van der Waals surface area contributed by atoms with Crippen LogP contribution in [0.3, 0.4) is 0 Å². The summed E-state index contributed by atoms with van der Waals surface area (Å²) in [5.74, 6) is -2.22. The third-order valence-corrected chi connectivity index (χ3v) is 8.99. The zero-order valence-corrected chi connectivity index (χ0v) is 28.9. The predicted octanol–water partition coefficient (Wildman–Crippen LogP) is 3.45. The van der Waals surface area contributed by atoms with Gasteiger partial charge in [0.25, 0.3) is 17.7 Å². The highest BCUT2D eigenvalue weighted by Gasteiger charge is 2.44. The van der Waals surface area contributed by atoms with Gasteiger partial charge in [-0.05, 0) is 85.3 Å². The van der Waals surface area contributed by atoms with Crippen molar-refractivity contribution in [2.75, 3.05) is 11.9 Å².